The minimum atomic E-state index is -0.488. The third kappa shape index (κ3) is 5.37. The average molecular weight is 523 g/mol. The standard InChI is InChI=1S/C24H19ClN6O4S/c25-16-5-2-4-15(10-16)18-12-36-23-19(18)21(32)29-20(30-23)22(33)26-11-14-3-1-6-17(9-14)34-7-8-35-24-27-13-28-31-24/h1-6,9-10,12-13H,7-8,11H2,(H,26,33)(H,27,28,31)(H,29,30,32). The smallest absolute Gasteiger partial charge is 0.312 e. The molecular formula is C24H19ClN6O4S. The molecule has 3 N–H and O–H groups in total. The highest BCUT2D eigenvalue weighted by Gasteiger charge is 2.16. The summed E-state index contributed by atoms with van der Waals surface area (Å²) in [6, 6.07) is 14.9. The SMILES string of the molecule is O=C(NCc1cccc(OCCOc2ncn[nH]2)c1)c1nc2scc(-c3cccc(Cl)c3)c2c(=O)[nH]1. The highest BCUT2D eigenvalue weighted by atomic mass is 35.5. The van der Waals surface area contributed by atoms with E-state index in [2.05, 4.69) is 30.5 Å². The summed E-state index contributed by atoms with van der Waals surface area (Å²) in [7, 11) is 0. The van der Waals surface area contributed by atoms with Crippen molar-refractivity contribution < 1.29 is 14.3 Å². The monoisotopic (exact) mass is 522 g/mol. The third-order valence-corrected chi connectivity index (χ3v) is 6.24. The lowest BCUT2D eigenvalue weighted by atomic mass is 10.1. The van der Waals surface area contributed by atoms with Crippen LogP contribution in [0.2, 0.25) is 5.02 Å². The summed E-state index contributed by atoms with van der Waals surface area (Å²) < 4.78 is 11.0. The van der Waals surface area contributed by atoms with E-state index in [-0.39, 0.29) is 17.9 Å². The quantitative estimate of drug-likeness (QED) is 0.250. The second-order valence-corrected chi connectivity index (χ2v) is 8.87. The summed E-state index contributed by atoms with van der Waals surface area (Å²) in [4.78, 5) is 36.9. The molecule has 36 heavy (non-hydrogen) atoms. The predicted octanol–water partition coefficient (Wildman–Crippen LogP) is 3.81. The third-order valence-electron chi connectivity index (χ3n) is 5.13. The maximum Gasteiger partial charge on any atom is 0.312 e. The molecule has 1 amide bonds. The summed E-state index contributed by atoms with van der Waals surface area (Å²) in [5.41, 5.74) is 1.97. The second-order valence-electron chi connectivity index (χ2n) is 7.57. The minimum absolute atomic E-state index is 0.0519. The number of nitrogens with one attached hydrogen (secondary N) is 3. The first-order valence-corrected chi connectivity index (χ1v) is 12.1. The van der Waals surface area contributed by atoms with Gasteiger partial charge in [0.15, 0.2) is 0 Å². The van der Waals surface area contributed by atoms with Crippen LogP contribution in [0.1, 0.15) is 16.2 Å². The molecule has 0 aliphatic rings. The molecule has 0 radical (unpaired) electrons. The van der Waals surface area contributed by atoms with E-state index in [1.165, 1.54) is 17.7 Å². The molecule has 0 atom stereocenters. The number of ether oxygens (including phenoxy) is 2. The molecule has 5 aromatic rings. The van der Waals surface area contributed by atoms with Gasteiger partial charge in [0.2, 0.25) is 5.82 Å². The Hall–Kier alpha value is -4.22. The number of benzene rings is 2. The van der Waals surface area contributed by atoms with E-state index < -0.39 is 5.91 Å². The Morgan fingerprint density at radius 2 is 1.97 bits per heavy atom. The van der Waals surface area contributed by atoms with E-state index in [0.29, 0.717) is 40.2 Å². The molecule has 12 heteroatoms. The van der Waals surface area contributed by atoms with Gasteiger partial charge in [0.1, 0.15) is 30.1 Å². The Balaban J connectivity index is 1.22. The molecule has 0 saturated heterocycles. The van der Waals surface area contributed by atoms with Crippen molar-refractivity contribution in [3.8, 4) is 22.9 Å². The van der Waals surface area contributed by atoms with E-state index in [1.54, 1.807) is 18.2 Å². The zero-order chi connectivity index (χ0) is 24.9. The first-order chi connectivity index (χ1) is 17.6. The van der Waals surface area contributed by atoms with Gasteiger partial charge in [-0.2, -0.15) is 10.1 Å². The zero-order valence-corrected chi connectivity index (χ0v) is 20.2. The summed E-state index contributed by atoms with van der Waals surface area (Å²) in [5.74, 6) is 0.0884. The Morgan fingerprint density at radius 1 is 1.11 bits per heavy atom. The van der Waals surface area contributed by atoms with Crippen LogP contribution >= 0.6 is 22.9 Å². The number of carbonyl (C=O) groups is 1. The van der Waals surface area contributed by atoms with Gasteiger partial charge in [-0.15, -0.1) is 11.3 Å². The lowest BCUT2D eigenvalue weighted by Gasteiger charge is -2.09. The molecule has 3 aromatic heterocycles. The molecule has 0 saturated carbocycles. The fraction of sp³-hybridized carbons (Fsp3) is 0.125. The van der Waals surface area contributed by atoms with Crippen LogP contribution in [0.25, 0.3) is 21.3 Å². The molecule has 2 aromatic carbocycles. The van der Waals surface area contributed by atoms with Crippen LogP contribution in [0.4, 0.5) is 0 Å². The number of fused-ring (bicyclic) bond motifs is 1. The average Bonchev–Trinajstić information content (AvgIpc) is 3.56. The fourth-order valence-corrected chi connectivity index (χ4v) is 4.64. The van der Waals surface area contributed by atoms with Gasteiger partial charge in [0.05, 0.1) is 5.39 Å². The number of rotatable bonds is 9. The van der Waals surface area contributed by atoms with E-state index >= 15 is 0 Å². The number of nitrogens with zero attached hydrogens (tertiary/aromatic N) is 3. The molecule has 0 unspecified atom stereocenters. The summed E-state index contributed by atoms with van der Waals surface area (Å²) >= 11 is 7.39. The number of aromatic nitrogens is 5. The van der Waals surface area contributed by atoms with Crippen molar-refractivity contribution in [2.75, 3.05) is 13.2 Å². The number of halogens is 1. The molecule has 0 bridgehead atoms. The zero-order valence-electron chi connectivity index (χ0n) is 18.7. The molecule has 0 spiro atoms. The van der Waals surface area contributed by atoms with E-state index in [9.17, 15) is 9.59 Å². The predicted molar refractivity (Wildman–Crippen MR) is 136 cm³/mol. The Morgan fingerprint density at radius 3 is 2.81 bits per heavy atom. The molecule has 0 fully saturated rings. The fourth-order valence-electron chi connectivity index (χ4n) is 3.50. The van der Waals surface area contributed by atoms with Gasteiger partial charge in [-0.05, 0) is 35.4 Å². The van der Waals surface area contributed by atoms with Crippen molar-refractivity contribution in [2.45, 2.75) is 6.54 Å². The van der Waals surface area contributed by atoms with Crippen LogP contribution < -0.4 is 20.3 Å². The van der Waals surface area contributed by atoms with Crippen LogP contribution in [-0.2, 0) is 6.54 Å². The molecule has 0 aliphatic carbocycles. The van der Waals surface area contributed by atoms with Crippen molar-refractivity contribution in [2.24, 2.45) is 0 Å². The van der Waals surface area contributed by atoms with Crippen LogP contribution in [0.5, 0.6) is 11.8 Å². The summed E-state index contributed by atoms with van der Waals surface area (Å²) in [6.45, 7) is 0.823. The van der Waals surface area contributed by atoms with Crippen molar-refractivity contribution in [3.63, 3.8) is 0 Å². The van der Waals surface area contributed by atoms with Gasteiger partial charge in [-0.25, -0.2) is 10.1 Å². The molecular weight excluding hydrogens is 504 g/mol. The van der Waals surface area contributed by atoms with Crippen molar-refractivity contribution in [3.05, 3.63) is 87.0 Å². The van der Waals surface area contributed by atoms with Gasteiger partial charge < -0.3 is 19.8 Å². The summed E-state index contributed by atoms with van der Waals surface area (Å²) in [6.07, 6.45) is 1.36. The summed E-state index contributed by atoms with van der Waals surface area (Å²) in [5, 5.41) is 11.9. The molecule has 182 valence electrons. The van der Waals surface area contributed by atoms with Crippen LogP contribution in [0.15, 0.2) is 65.0 Å². The maximum absolute atomic E-state index is 12.8. The highest BCUT2D eigenvalue weighted by molar-refractivity contribution is 7.17. The second kappa shape index (κ2) is 10.6. The lowest BCUT2D eigenvalue weighted by Crippen LogP contribution is -2.27. The number of hydrogen-bond acceptors (Lipinski definition) is 8. The van der Waals surface area contributed by atoms with E-state index in [4.69, 9.17) is 21.1 Å². The van der Waals surface area contributed by atoms with E-state index in [0.717, 1.165) is 16.7 Å². The van der Waals surface area contributed by atoms with Gasteiger partial charge in [-0.3, -0.25) is 9.59 Å². The Bertz CT molecular complexity index is 1570. The van der Waals surface area contributed by atoms with Crippen LogP contribution in [0, 0.1) is 0 Å². The van der Waals surface area contributed by atoms with Crippen molar-refractivity contribution in [1.29, 1.82) is 0 Å². The van der Waals surface area contributed by atoms with Crippen molar-refractivity contribution >= 4 is 39.1 Å². The van der Waals surface area contributed by atoms with E-state index in [1.807, 2.05) is 35.7 Å². The van der Waals surface area contributed by atoms with Crippen LogP contribution in [-0.4, -0.2) is 44.3 Å². The van der Waals surface area contributed by atoms with Gasteiger partial charge >= 0.3 is 6.01 Å². The lowest BCUT2D eigenvalue weighted by molar-refractivity contribution is 0.0940. The number of aromatic amines is 2. The van der Waals surface area contributed by atoms with Gasteiger partial charge in [0, 0.05) is 22.5 Å². The normalized spacial score (nSPS) is 10.9. The molecule has 3 heterocycles. The topological polar surface area (TPSA) is 135 Å². The Kier molecular flexibility index (Phi) is 6.92. The van der Waals surface area contributed by atoms with Gasteiger partial charge in [0.25, 0.3) is 11.5 Å². The van der Waals surface area contributed by atoms with Crippen molar-refractivity contribution in [1.82, 2.24) is 30.5 Å². The number of carbonyl (C=O) groups excluding carboxylic acids is 1. The number of hydrogen-bond donors (Lipinski definition) is 3. The Labute approximate surface area is 213 Å². The largest absolute Gasteiger partial charge is 0.490 e. The first-order valence-electron chi connectivity index (χ1n) is 10.8. The highest BCUT2D eigenvalue weighted by Crippen LogP contribution is 2.31. The molecule has 10 nitrogen and oxygen atoms in total. The number of amides is 1. The van der Waals surface area contributed by atoms with Crippen LogP contribution in [0.3, 0.4) is 0 Å². The van der Waals surface area contributed by atoms with Gasteiger partial charge in [-0.1, -0.05) is 35.9 Å². The molecule has 0 aliphatic heterocycles. The number of thiophene rings is 1. The molecule has 5 rings (SSSR count). The minimum Gasteiger partial charge on any atom is -0.490 e. The maximum atomic E-state index is 12.8. The number of H-pyrrole nitrogens is 2. The first kappa shape index (κ1) is 23.5.